The second kappa shape index (κ2) is 27.1. The molecule has 22 nitrogen and oxygen atoms in total. The van der Waals surface area contributed by atoms with E-state index in [1.54, 1.807) is 57.7 Å². The van der Waals surface area contributed by atoms with Crippen LogP contribution in [0, 0.1) is 79.2 Å². The van der Waals surface area contributed by atoms with Crippen molar-refractivity contribution in [3.63, 3.8) is 0 Å². The number of benzene rings is 4. The van der Waals surface area contributed by atoms with Crippen LogP contribution in [0.2, 0.25) is 0 Å². The molecule has 0 atom stereocenters. The molecule has 8 aromatic rings. The van der Waals surface area contributed by atoms with Crippen molar-refractivity contribution in [2.45, 2.75) is 81.9 Å². The molecule has 0 aliphatic rings. The zero-order valence-electron chi connectivity index (χ0n) is 43.1. The fraction of sp³-hybridized carbons (Fsp3) is 0.205. The van der Waals surface area contributed by atoms with Crippen LogP contribution in [0.1, 0.15) is 55.8 Å². The van der Waals surface area contributed by atoms with Gasteiger partial charge in [-0.2, -0.15) is 15.0 Å². The average Bonchev–Trinajstić information content (AvgIpc) is 3.97. The Morgan fingerprint density at radius 3 is 1.62 bits per heavy atom. The van der Waals surface area contributed by atoms with E-state index < -0.39 is 50.3 Å². The third-order valence-electron chi connectivity index (χ3n) is 11.4. The van der Waals surface area contributed by atoms with Crippen LogP contribution in [-0.4, -0.2) is 76.6 Å². The number of rotatable bonds is 11. The van der Waals surface area contributed by atoms with Crippen molar-refractivity contribution in [1.82, 2.24) is 24.7 Å². The van der Waals surface area contributed by atoms with Crippen molar-refractivity contribution in [1.29, 1.82) is 10.8 Å². The summed E-state index contributed by atoms with van der Waals surface area (Å²) in [7, 11) is -19.1. The molecule has 76 heavy (non-hydrogen) atoms. The molecule has 0 aliphatic heterocycles. The van der Waals surface area contributed by atoms with E-state index in [1.807, 2.05) is 6.07 Å². The number of nitriles is 1. The van der Waals surface area contributed by atoms with E-state index >= 15 is 0 Å². The normalized spacial score (nSPS) is 11.5. The SMILES string of the molecule is Cc1cc(N(c2nc3ccc(S(=O)(=O)[O-])cc3s2)c2c(C)cc(C)c(S(=O)(=O)[O-])c2C)nc(Nc2c(C)cc(C)c(S(=O)(=O)[O-])c2C)c1C.Cc1nn(-c2nc3ccc(S(=O)(=O)[O-])cc3s2)c(N=N)c1C#N.[K+].[K+].[K+].[K+]. The van der Waals surface area contributed by atoms with Crippen molar-refractivity contribution in [2.24, 2.45) is 5.11 Å². The van der Waals surface area contributed by atoms with Crippen molar-refractivity contribution in [2.75, 3.05) is 10.2 Å². The maximum Gasteiger partial charge on any atom is 1.00 e. The van der Waals surface area contributed by atoms with E-state index in [4.69, 9.17) is 15.8 Å². The van der Waals surface area contributed by atoms with Gasteiger partial charge in [-0.25, -0.2) is 54.2 Å². The molecule has 0 saturated carbocycles. The summed E-state index contributed by atoms with van der Waals surface area (Å²) in [5, 5.41) is 20.3. The Morgan fingerprint density at radius 1 is 0.618 bits per heavy atom. The van der Waals surface area contributed by atoms with E-state index in [9.17, 15) is 51.9 Å². The number of hydrogen-bond donors (Lipinski definition) is 2. The van der Waals surface area contributed by atoms with Gasteiger partial charge in [-0.15, -0.1) is 5.11 Å². The molecule has 0 spiro atoms. The number of nitrogens with zero attached hydrogens (tertiary/aromatic N) is 8. The fourth-order valence-electron chi connectivity index (χ4n) is 8.18. The molecule has 4 aromatic heterocycles. The summed E-state index contributed by atoms with van der Waals surface area (Å²) >= 11 is 2.09. The largest absolute Gasteiger partial charge is 1.00 e. The molecule has 0 aliphatic carbocycles. The Morgan fingerprint density at radius 2 is 1.12 bits per heavy atom. The van der Waals surface area contributed by atoms with Crippen molar-refractivity contribution in [3.8, 4) is 11.2 Å². The first-order valence-electron chi connectivity index (χ1n) is 20.6. The summed E-state index contributed by atoms with van der Waals surface area (Å²) in [5.74, 6) is 0.537. The van der Waals surface area contributed by atoms with E-state index in [-0.39, 0.29) is 266 Å². The van der Waals surface area contributed by atoms with Gasteiger partial charge in [-0.1, -0.05) is 34.8 Å². The zero-order chi connectivity index (χ0) is 53.3. The van der Waals surface area contributed by atoms with E-state index in [1.165, 1.54) is 62.7 Å². The molecule has 0 radical (unpaired) electrons. The number of pyridine rings is 1. The smallest absolute Gasteiger partial charge is 0.744 e. The monoisotopic (exact) mass is 1250 g/mol. The number of anilines is 5. The van der Waals surface area contributed by atoms with E-state index in [2.05, 4.69) is 25.5 Å². The summed E-state index contributed by atoms with van der Waals surface area (Å²) in [6.45, 7) is 14.7. The molecule has 0 unspecified atom stereocenters. The minimum atomic E-state index is -4.94. The standard InChI is InChI=1S/C32H34N4O9S4.C12H8N6O3S2.4K/c1-15-13-26(34-31(20(15)6)35-27-16(2)11-18(4)29(21(27)7)48(40,41)42)36(28-17(3)12-19(5)30(22(28)8)49(43,44)45)32-33-24-10-9-23(47(37,38)39)14-25(24)46-32;1-6-8(5-13)11(16-14)18(17-6)12-15-9-3-2-7(23(19,20)21)4-10(9)22-12;;;;/h9-14H,1-8H3,(H,34,35)(H,37,38,39)(H,40,41,42)(H,43,44,45);2-4,14H,1H3,(H,19,20,21);;;;/q;;4*+1/p-4. The third-order valence-corrected chi connectivity index (χ3v) is 17.3. The summed E-state index contributed by atoms with van der Waals surface area (Å²) in [5.41, 5.74) is 12.7. The van der Waals surface area contributed by atoms with Crippen molar-refractivity contribution in [3.05, 3.63) is 110 Å². The molecule has 32 heteroatoms. The van der Waals surface area contributed by atoms with Gasteiger partial charge in [0.2, 0.25) is 5.13 Å². The van der Waals surface area contributed by atoms with Crippen LogP contribution in [0.15, 0.2) is 79.3 Å². The molecule has 0 fully saturated rings. The van der Waals surface area contributed by atoms with Gasteiger partial charge < -0.3 is 23.5 Å². The predicted molar refractivity (Wildman–Crippen MR) is 263 cm³/mol. The molecular weight excluding hydrogens is 1210 g/mol. The van der Waals surface area contributed by atoms with Gasteiger partial charge in [0.15, 0.2) is 10.9 Å². The number of aromatic nitrogens is 5. The average molecular weight is 1250 g/mol. The Hall–Kier alpha value is -0.105. The first-order valence-corrected chi connectivity index (χ1v) is 27.9. The van der Waals surface area contributed by atoms with Gasteiger partial charge in [0.05, 0.1) is 51.4 Å². The van der Waals surface area contributed by atoms with Crippen molar-refractivity contribution < 1.29 is 257 Å². The molecule has 0 amide bonds. The molecule has 4 aromatic carbocycles. The maximum atomic E-state index is 12.5. The van der Waals surface area contributed by atoms with Gasteiger partial charge in [0.25, 0.3) is 0 Å². The molecule has 8 rings (SSSR count). The predicted octanol–water partition coefficient (Wildman–Crippen LogP) is -3.67. The van der Waals surface area contributed by atoms with Crippen LogP contribution in [0.25, 0.3) is 25.6 Å². The zero-order valence-corrected chi connectivity index (χ0v) is 60.5. The Balaban J connectivity index is 0.000000475. The van der Waals surface area contributed by atoms with Gasteiger partial charge >= 0.3 is 206 Å². The number of nitrogens with one attached hydrogen (secondary N) is 2. The van der Waals surface area contributed by atoms with Crippen LogP contribution in [0.3, 0.4) is 0 Å². The Bertz CT molecular complexity index is 4150. The van der Waals surface area contributed by atoms with Gasteiger partial charge in [0.1, 0.15) is 63.7 Å². The summed E-state index contributed by atoms with van der Waals surface area (Å²) in [6, 6.07) is 14.3. The molecule has 4 heterocycles. The number of fused-ring (bicyclic) bond motifs is 2. The maximum absolute atomic E-state index is 12.5. The first-order chi connectivity index (χ1) is 33.3. The molecule has 0 saturated heterocycles. The third kappa shape index (κ3) is 15.0. The second-order valence-electron chi connectivity index (χ2n) is 16.4. The second-order valence-corrected chi connectivity index (χ2v) is 23.8. The van der Waals surface area contributed by atoms with Crippen molar-refractivity contribution >= 4 is 118 Å². The molecule has 2 N–H and O–H groups in total. The first kappa shape index (κ1) is 70.2. The number of hydrogen-bond acceptors (Lipinski definition) is 23. The number of thiazole rings is 2. The summed E-state index contributed by atoms with van der Waals surface area (Å²) in [4.78, 5) is 13.8. The van der Waals surface area contributed by atoms with Crippen LogP contribution in [0.5, 0.6) is 0 Å². The molecule has 376 valence electrons. The van der Waals surface area contributed by atoms with Crippen LogP contribution < -0.4 is 216 Å². The number of aryl methyl sites for hydroxylation is 6. The fourth-order valence-corrected chi connectivity index (χ4v) is 13.2. The van der Waals surface area contributed by atoms with E-state index in [0.717, 1.165) is 28.7 Å². The quantitative estimate of drug-likeness (QED) is 0.0716. The minimum absolute atomic E-state index is 0. The van der Waals surface area contributed by atoms with Gasteiger partial charge in [0, 0.05) is 5.69 Å². The van der Waals surface area contributed by atoms with Gasteiger partial charge in [-0.05, 0) is 149 Å². The van der Waals surface area contributed by atoms with Gasteiger partial charge in [-0.3, -0.25) is 4.90 Å². The summed E-state index contributed by atoms with van der Waals surface area (Å²) < 4.78 is 145. The topological polar surface area (TPSA) is 361 Å². The van der Waals surface area contributed by atoms with Crippen LogP contribution >= 0.6 is 22.7 Å². The Kier molecular flexibility index (Phi) is 25.0. The van der Waals surface area contributed by atoms with Crippen LogP contribution in [0.4, 0.5) is 34.0 Å². The van der Waals surface area contributed by atoms with E-state index in [0.29, 0.717) is 64.8 Å². The minimum Gasteiger partial charge on any atom is -0.744 e. The summed E-state index contributed by atoms with van der Waals surface area (Å²) in [6.07, 6.45) is 0. The molecule has 0 bridgehead atoms. The Labute approximate surface area is 616 Å². The van der Waals surface area contributed by atoms with Crippen LogP contribution in [-0.2, 0) is 40.5 Å². The molecular formula is C44H38K4N10O12S6.